The lowest BCUT2D eigenvalue weighted by Gasteiger charge is -2.12. The quantitative estimate of drug-likeness (QED) is 0.283. The molecule has 114 valence electrons. The molecule has 0 spiro atoms. The van der Waals surface area contributed by atoms with Crippen LogP contribution in [-0.4, -0.2) is 63.8 Å². The number of methoxy groups -OCH3 is 1. The zero-order chi connectivity index (χ0) is 14.6. The highest BCUT2D eigenvalue weighted by molar-refractivity contribution is 5.61. The normalized spacial score (nSPS) is 18.9. The molecule has 1 heterocycles. The minimum Gasteiger partial charge on any atom is -0.430 e. The van der Waals surface area contributed by atoms with Crippen molar-refractivity contribution in [2.45, 2.75) is 25.0 Å². The lowest BCUT2D eigenvalue weighted by molar-refractivity contribution is -0.0556. The van der Waals surface area contributed by atoms with E-state index in [9.17, 15) is 9.90 Å². The number of carbonyl (C=O) groups excluding carboxylic acids is 1. The number of aliphatic hydroxyl groups excluding tert-OH is 1. The van der Waals surface area contributed by atoms with E-state index in [4.69, 9.17) is 18.9 Å². The summed E-state index contributed by atoms with van der Waals surface area (Å²) in [7, 11) is 1.60. The molecule has 1 saturated heterocycles. The van der Waals surface area contributed by atoms with Crippen LogP contribution in [0.15, 0.2) is 0 Å². The number of cyclic esters (lactones) is 2. The van der Waals surface area contributed by atoms with Gasteiger partial charge in [0.1, 0.15) is 20.0 Å². The number of rotatable bonds is 9. The molecule has 0 aromatic heterocycles. The van der Waals surface area contributed by atoms with Gasteiger partial charge in [-0.05, 0) is 6.42 Å². The van der Waals surface area contributed by atoms with E-state index in [1.54, 1.807) is 7.11 Å². The first-order chi connectivity index (χ1) is 9.74. The van der Waals surface area contributed by atoms with E-state index in [2.05, 4.69) is 16.6 Å². The van der Waals surface area contributed by atoms with E-state index < -0.39 is 18.4 Å². The lowest BCUT2D eigenvalue weighted by Crippen LogP contribution is -2.27. The van der Waals surface area contributed by atoms with Crippen LogP contribution in [0.25, 0.3) is 0 Å². The van der Waals surface area contributed by atoms with Gasteiger partial charge in [0.2, 0.25) is 0 Å². The van der Waals surface area contributed by atoms with Crippen LogP contribution in [0, 0.1) is 11.8 Å². The van der Waals surface area contributed by atoms with E-state index in [1.807, 2.05) is 0 Å². The van der Waals surface area contributed by atoms with Gasteiger partial charge in [0.15, 0.2) is 6.10 Å². The van der Waals surface area contributed by atoms with Crippen LogP contribution in [0.3, 0.4) is 0 Å². The Balaban J connectivity index is 1.95. The average molecular weight is 288 g/mol. The van der Waals surface area contributed by atoms with Gasteiger partial charge in [-0.15, -0.1) is 5.92 Å². The number of hydrogen-bond donors (Lipinski definition) is 1. The summed E-state index contributed by atoms with van der Waals surface area (Å²) in [5.41, 5.74) is 0. The van der Waals surface area contributed by atoms with Crippen molar-refractivity contribution in [2.24, 2.45) is 0 Å². The van der Waals surface area contributed by atoms with Gasteiger partial charge in [-0.2, -0.15) is 0 Å². The van der Waals surface area contributed by atoms with Crippen molar-refractivity contribution in [1.82, 2.24) is 0 Å². The fraction of sp³-hybridized carbons (Fsp3) is 0.769. The number of carbonyl (C=O) groups is 1. The summed E-state index contributed by atoms with van der Waals surface area (Å²) in [5, 5.41) is 9.70. The zero-order valence-corrected chi connectivity index (χ0v) is 11.5. The highest BCUT2D eigenvalue weighted by Crippen LogP contribution is 2.13. The van der Waals surface area contributed by atoms with Gasteiger partial charge in [0.25, 0.3) is 0 Å². The molecule has 7 nitrogen and oxygen atoms in total. The third-order valence-electron chi connectivity index (χ3n) is 2.51. The molecule has 0 amide bonds. The third-order valence-corrected chi connectivity index (χ3v) is 2.51. The molecule has 0 bridgehead atoms. The highest BCUT2D eigenvalue weighted by Gasteiger charge is 2.30. The van der Waals surface area contributed by atoms with E-state index in [1.165, 1.54) is 0 Å². The second-order valence-electron chi connectivity index (χ2n) is 4.04. The summed E-state index contributed by atoms with van der Waals surface area (Å²) < 4.78 is 24.3. The molecular formula is C13H20O7. The molecule has 0 unspecified atom stereocenters. The first-order valence-electron chi connectivity index (χ1n) is 6.35. The second kappa shape index (κ2) is 10.5. The molecule has 0 aromatic rings. The smallest absolute Gasteiger partial charge is 0.430 e. The number of aliphatic hydroxyl groups is 1. The van der Waals surface area contributed by atoms with Gasteiger partial charge in [-0.3, -0.25) is 0 Å². The molecule has 1 rings (SSSR count). The van der Waals surface area contributed by atoms with Crippen molar-refractivity contribution in [1.29, 1.82) is 0 Å². The maximum atomic E-state index is 10.7. The van der Waals surface area contributed by atoms with Crippen molar-refractivity contribution in [2.75, 3.05) is 40.3 Å². The molecule has 2 atom stereocenters. The van der Waals surface area contributed by atoms with Crippen LogP contribution < -0.4 is 0 Å². The van der Waals surface area contributed by atoms with Crippen molar-refractivity contribution in [3.63, 3.8) is 0 Å². The molecule has 0 radical (unpaired) electrons. The molecule has 1 aliphatic rings. The van der Waals surface area contributed by atoms with Gasteiger partial charge in [0.05, 0.1) is 19.3 Å². The van der Waals surface area contributed by atoms with E-state index in [0.29, 0.717) is 26.1 Å². The Bertz CT molecular complexity index is 333. The van der Waals surface area contributed by atoms with E-state index in [0.717, 1.165) is 0 Å². The van der Waals surface area contributed by atoms with Gasteiger partial charge in [0, 0.05) is 13.5 Å². The summed E-state index contributed by atoms with van der Waals surface area (Å²) in [5.74, 6) is 5.65. The van der Waals surface area contributed by atoms with Crippen LogP contribution in [0.2, 0.25) is 0 Å². The minimum atomic E-state index is -0.756. The molecule has 1 aliphatic heterocycles. The average Bonchev–Trinajstić information content (AvgIpc) is 2.87. The van der Waals surface area contributed by atoms with Crippen LogP contribution in [0.5, 0.6) is 0 Å². The fourth-order valence-corrected chi connectivity index (χ4v) is 1.43. The van der Waals surface area contributed by atoms with Crippen molar-refractivity contribution in [3.8, 4) is 11.8 Å². The molecule has 0 aromatic carbocycles. The van der Waals surface area contributed by atoms with Crippen molar-refractivity contribution >= 4 is 6.16 Å². The predicted octanol–water partition coefficient (Wildman–Crippen LogP) is 0.303. The second-order valence-corrected chi connectivity index (χ2v) is 4.04. The lowest BCUT2D eigenvalue weighted by atomic mass is 10.1. The van der Waals surface area contributed by atoms with Crippen molar-refractivity contribution in [3.05, 3.63) is 0 Å². The van der Waals surface area contributed by atoms with Gasteiger partial charge >= 0.3 is 6.16 Å². The Labute approximate surface area is 118 Å². The van der Waals surface area contributed by atoms with Crippen molar-refractivity contribution < 1.29 is 33.6 Å². The van der Waals surface area contributed by atoms with E-state index in [-0.39, 0.29) is 20.0 Å². The number of ether oxygens (including phenoxy) is 5. The largest absolute Gasteiger partial charge is 0.508 e. The van der Waals surface area contributed by atoms with Crippen LogP contribution in [0.1, 0.15) is 12.8 Å². The maximum absolute atomic E-state index is 10.7. The standard InChI is InChI=1S/C13H20O7/c1-16-7-8-18-10-17-6-4-2-3-5-11(14)12-9-19-13(15)20-12/h11-12,14H,3,5-10H2,1H3/t11-,12+/m1/s1. The predicted molar refractivity (Wildman–Crippen MR) is 67.9 cm³/mol. The Kier molecular flexibility index (Phi) is 8.74. The maximum Gasteiger partial charge on any atom is 0.508 e. The monoisotopic (exact) mass is 288 g/mol. The first-order valence-corrected chi connectivity index (χ1v) is 6.35. The van der Waals surface area contributed by atoms with E-state index >= 15 is 0 Å². The summed E-state index contributed by atoms with van der Waals surface area (Å²) in [4.78, 5) is 10.7. The van der Waals surface area contributed by atoms with Crippen LogP contribution in [-0.2, 0) is 23.7 Å². The molecular weight excluding hydrogens is 268 g/mol. The summed E-state index contributed by atoms with van der Waals surface area (Å²) in [6.07, 6.45) is -1.17. The molecule has 1 fully saturated rings. The highest BCUT2D eigenvalue weighted by atomic mass is 16.8. The third kappa shape index (κ3) is 7.31. The SMILES string of the molecule is COCCOCOCC#CCC[C@@H](O)[C@@H]1COC(=O)O1. The Hall–Kier alpha value is -1.33. The summed E-state index contributed by atoms with van der Waals surface area (Å²) in [6.45, 7) is 1.55. The molecule has 0 saturated carbocycles. The van der Waals surface area contributed by atoms with Gasteiger partial charge in [-0.1, -0.05) is 5.92 Å². The van der Waals surface area contributed by atoms with Gasteiger partial charge in [-0.25, -0.2) is 4.79 Å². The molecule has 1 N–H and O–H groups in total. The van der Waals surface area contributed by atoms with Crippen LogP contribution in [0.4, 0.5) is 4.79 Å². The molecule has 20 heavy (non-hydrogen) atoms. The summed E-state index contributed by atoms with van der Waals surface area (Å²) in [6, 6.07) is 0. The van der Waals surface area contributed by atoms with Crippen LogP contribution >= 0.6 is 0 Å². The zero-order valence-electron chi connectivity index (χ0n) is 11.5. The Morgan fingerprint density at radius 3 is 2.95 bits per heavy atom. The summed E-state index contributed by atoms with van der Waals surface area (Å²) >= 11 is 0. The topological polar surface area (TPSA) is 83.5 Å². The Morgan fingerprint density at radius 2 is 2.25 bits per heavy atom. The fourth-order valence-electron chi connectivity index (χ4n) is 1.43. The van der Waals surface area contributed by atoms with Gasteiger partial charge < -0.3 is 28.8 Å². The first kappa shape index (κ1) is 16.7. The molecule has 7 heteroatoms. The minimum absolute atomic E-state index is 0.0926. The number of hydrogen-bond acceptors (Lipinski definition) is 7. The molecule has 0 aliphatic carbocycles. The Morgan fingerprint density at radius 1 is 1.40 bits per heavy atom.